The van der Waals surface area contributed by atoms with E-state index in [0.717, 1.165) is 0 Å². The minimum atomic E-state index is -0.626. The molecule has 0 atom stereocenters. The van der Waals surface area contributed by atoms with Crippen molar-refractivity contribution in [2.75, 3.05) is 14.2 Å². The molecular formula is C18H22N2O5S. The van der Waals surface area contributed by atoms with Gasteiger partial charge in [-0.25, -0.2) is 0 Å². The molecule has 1 N–H and O–H groups in total. The van der Waals surface area contributed by atoms with Crippen molar-refractivity contribution in [3.05, 3.63) is 39.4 Å². The van der Waals surface area contributed by atoms with Crippen LogP contribution in [-0.4, -0.2) is 35.3 Å². The molecule has 0 bridgehead atoms. The van der Waals surface area contributed by atoms with E-state index >= 15 is 0 Å². The van der Waals surface area contributed by atoms with E-state index in [1.165, 1.54) is 17.7 Å². The van der Waals surface area contributed by atoms with Crippen molar-refractivity contribution in [2.24, 2.45) is 0 Å². The lowest BCUT2D eigenvalue weighted by Crippen LogP contribution is -2.28. The second-order valence-electron chi connectivity index (χ2n) is 6.56. The van der Waals surface area contributed by atoms with E-state index in [1.54, 1.807) is 46.1 Å². The summed E-state index contributed by atoms with van der Waals surface area (Å²) in [7, 11) is 3.06. The molecular weight excluding hydrogens is 356 g/mol. The van der Waals surface area contributed by atoms with Gasteiger partial charge in [0.15, 0.2) is 4.77 Å². The zero-order valence-corrected chi connectivity index (χ0v) is 16.2. The smallest absolute Gasteiger partial charge is 0.326 e. The van der Waals surface area contributed by atoms with Crippen molar-refractivity contribution in [1.29, 1.82) is 0 Å². The van der Waals surface area contributed by atoms with Crippen molar-refractivity contribution >= 4 is 18.2 Å². The summed E-state index contributed by atoms with van der Waals surface area (Å²) in [5.41, 5.74) is 0.0563. The highest BCUT2D eigenvalue weighted by Gasteiger charge is 2.19. The molecule has 0 saturated heterocycles. The molecule has 1 aromatic carbocycles. The summed E-state index contributed by atoms with van der Waals surface area (Å²) in [6.07, 6.45) is 0. The van der Waals surface area contributed by atoms with Crippen LogP contribution in [0.15, 0.2) is 29.1 Å². The third kappa shape index (κ3) is 4.72. The number of H-pyrrole nitrogens is 1. The molecule has 140 valence electrons. The van der Waals surface area contributed by atoms with Crippen LogP contribution in [0, 0.1) is 4.77 Å². The Morgan fingerprint density at radius 2 is 1.88 bits per heavy atom. The van der Waals surface area contributed by atoms with Gasteiger partial charge >= 0.3 is 5.97 Å². The Bertz CT molecular complexity index is 924. The Labute approximate surface area is 156 Å². The van der Waals surface area contributed by atoms with Crippen molar-refractivity contribution in [3.63, 3.8) is 0 Å². The normalized spacial score (nSPS) is 11.1. The summed E-state index contributed by atoms with van der Waals surface area (Å²) in [4.78, 5) is 26.8. The van der Waals surface area contributed by atoms with Gasteiger partial charge < -0.3 is 18.8 Å². The molecule has 0 aliphatic rings. The van der Waals surface area contributed by atoms with Gasteiger partial charge in [0.1, 0.15) is 23.6 Å². The van der Waals surface area contributed by atoms with Crippen LogP contribution in [0.3, 0.4) is 0 Å². The highest BCUT2D eigenvalue weighted by atomic mass is 32.1. The SMILES string of the molecule is COc1ccc(-c2cc(=O)[nH]c(=S)n2CC(=O)OC(C)(C)C)c(OC)c1. The number of carbonyl (C=O) groups excluding carboxylic acids is 1. The lowest BCUT2D eigenvalue weighted by atomic mass is 10.1. The monoisotopic (exact) mass is 378 g/mol. The molecule has 2 rings (SSSR count). The van der Waals surface area contributed by atoms with E-state index in [1.807, 2.05) is 0 Å². The number of aromatic amines is 1. The topological polar surface area (TPSA) is 82.6 Å². The van der Waals surface area contributed by atoms with Crippen LogP contribution < -0.4 is 15.0 Å². The molecule has 0 radical (unpaired) electrons. The third-order valence-electron chi connectivity index (χ3n) is 3.43. The maximum Gasteiger partial charge on any atom is 0.326 e. The van der Waals surface area contributed by atoms with Crippen molar-refractivity contribution < 1.29 is 19.0 Å². The van der Waals surface area contributed by atoms with Gasteiger partial charge in [0.2, 0.25) is 0 Å². The minimum Gasteiger partial charge on any atom is -0.497 e. The molecule has 2 aromatic rings. The molecule has 1 heterocycles. The summed E-state index contributed by atoms with van der Waals surface area (Å²) >= 11 is 5.25. The van der Waals surface area contributed by atoms with Gasteiger partial charge in [0, 0.05) is 17.7 Å². The van der Waals surface area contributed by atoms with Crippen LogP contribution in [0.2, 0.25) is 0 Å². The summed E-state index contributed by atoms with van der Waals surface area (Å²) < 4.78 is 17.6. The second-order valence-corrected chi connectivity index (χ2v) is 6.95. The van der Waals surface area contributed by atoms with Gasteiger partial charge in [-0.2, -0.15) is 0 Å². The lowest BCUT2D eigenvalue weighted by Gasteiger charge is -2.21. The number of esters is 1. The van der Waals surface area contributed by atoms with E-state index in [2.05, 4.69) is 4.98 Å². The highest BCUT2D eigenvalue weighted by molar-refractivity contribution is 7.71. The fourth-order valence-corrected chi connectivity index (χ4v) is 2.68. The summed E-state index contributed by atoms with van der Waals surface area (Å²) in [6.45, 7) is 5.21. The Morgan fingerprint density at radius 3 is 2.46 bits per heavy atom. The Hall–Kier alpha value is -2.61. The van der Waals surface area contributed by atoms with E-state index in [4.69, 9.17) is 26.4 Å². The predicted molar refractivity (Wildman–Crippen MR) is 100 cm³/mol. The zero-order valence-electron chi connectivity index (χ0n) is 15.4. The molecule has 0 unspecified atom stereocenters. The number of rotatable bonds is 5. The average molecular weight is 378 g/mol. The number of nitrogens with one attached hydrogen (secondary N) is 1. The zero-order chi connectivity index (χ0) is 19.5. The van der Waals surface area contributed by atoms with Crippen LogP contribution in [0.25, 0.3) is 11.3 Å². The Kier molecular flexibility index (Phi) is 5.86. The largest absolute Gasteiger partial charge is 0.497 e. The first-order valence-corrected chi connectivity index (χ1v) is 8.34. The number of hydrogen-bond donors (Lipinski definition) is 1. The van der Waals surface area contributed by atoms with Crippen LogP contribution >= 0.6 is 12.2 Å². The third-order valence-corrected chi connectivity index (χ3v) is 3.75. The summed E-state index contributed by atoms with van der Waals surface area (Å²) in [6, 6.07) is 6.54. The predicted octanol–water partition coefficient (Wildman–Crippen LogP) is 2.93. The average Bonchev–Trinajstić information content (AvgIpc) is 2.54. The quantitative estimate of drug-likeness (QED) is 0.636. The first-order valence-electron chi connectivity index (χ1n) is 7.93. The second kappa shape index (κ2) is 7.74. The van der Waals surface area contributed by atoms with E-state index < -0.39 is 11.6 Å². The molecule has 7 nitrogen and oxygen atoms in total. The fourth-order valence-electron chi connectivity index (χ4n) is 2.41. The summed E-state index contributed by atoms with van der Waals surface area (Å²) in [5.74, 6) is 0.629. The standard InChI is InChI=1S/C18H22N2O5S/c1-18(2,3)25-16(22)10-20-13(9-15(21)19-17(20)26)12-7-6-11(23-4)8-14(12)24-5/h6-9H,10H2,1-5H3,(H,19,21,26). The number of carbonyl (C=O) groups is 1. The van der Waals surface area contributed by atoms with Crippen LogP contribution in [0.1, 0.15) is 20.8 Å². The molecule has 0 aliphatic heterocycles. The maximum atomic E-state index is 12.3. The molecule has 0 amide bonds. The Balaban J connectivity index is 2.58. The number of aromatic nitrogens is 2. The molecule has 26 heavy (non-hydrogen) atoms. The lowest BCUT2D eigenvalue weighted by molar-refractivity contribution is -0.155. The summed E-state index contributed by atoms with van der Waals surface area (Å²) in [5, 5.41) is 0. The van der Waals surface area contributed by atoms with Crippen LogP contribution in [-0.2, 0) is 16.1 Å². The number of methoxy groups -OCH3 is 2. The fraction of sp³-hybridized carbons (Fsp3) is 0.389. The highest BCUT2D eigenvalue weighted by Crippen LogP contribution is 2.32. The number of ether oxygens (including phenoxy) is 3. The van der Waals surface area contributed by atoms with Gasteiger partial charge in [0.05, 0.1) is 19.9 Å². The van der Waals surface area contributed by atoms with Gasteiger partial charge in [-0.1, -0.05) is 0 Å². The molecule has 0 aliphatic carbocycles. The molecule has 1 aromatic heterocycles. The van der Waals surface area contributed by atoms with Crippen molar-refractivity contribution in [2.45, 2.75) is 32.9 Å². The molecule has 0 spiro atoms. The van der Waals surface area contributed by atoms with Gasteiger partial charge in [-0.05, 0) is 45.1 Å². The van der Waals surface area contributed by atoms with Crippen molar-refractivity contribution in [1.82, 2.24) is 9.55 Å². The maximum absolute atomic E-state index is 12.3. The molecule has 0 saturated carbocycles. The van der Waals surface area contributed by atoms with E-state index in [-0.39, 0.29) is 16.9 Å². The van der Waals surface area contributed by atoms with Crippen LogP contribution in [0.4, 0.5) is 0 Å². The number of hydrogen-bond acceptors (Lipinski definition) is 6. The molecule has 0 fully saturated rings. The number of nitrogens with zero attached hydrogens (tertiary/aromatic N) is 1. The first-order chi connectivity index (χ1) is 12.1. The van der Waals surface area contributed by atoms with E-state index in [9.17, 15) is 9.59 Å². The van der Waals surface area contributed by atoms with Crippen LogP contribution in [0.5, 0.6) is 11.5 Å². The van der Waals surface area contributed by atoms with Gasteiger partial charge in [-0.15, -0.1) is 0 Å². The van der Waals surface area contributed by atoms with E-state index in [0.29, 0.717) is 22.8 Å². The first kappa shape index (κ1) is 19.7. The van der Waals surface area contributed by atoms with Gasteiger partial charge in [0.25, 0.3) is 5.56 Å². The Morgan fingerprint density at radius 1 is 1.19 bits per heavy atom. The van der Waals surface area contributed by atoms with Crippen molar-refractivity contribution in [3.8, 4) is 22.8 Å². The minimum absolute atomic E-state index is 0.122. The van der Waals surface area contributed by atoms with Gasteiger partial charge in [-0.3, -0.25) is 14.6 Å². The number of benzene rings is 1. The molecule has 8 heteroatoms.